The maximum atomic E-state index is 11.9. The van der Waals surface area contributed by atoms with E-state index in [0.717, 1.165) is 29.2 Å². The molecule has 0 bridgehead atoms. The lowest BCUT2D eigenvalue weighted by Crippen LogP contribution is -2.40. The molecule has 0 aliphatic carbocycles. The predicted octanol–water partition coefficient (Wildman–Crippen LogP) is 3.02. The predicted molar refractivity (Wildman–Crippen MR) is 97.1 cm³/mol. The highest BCUT2D eigenvalue weighted by Crippen LogP contribution is 2.23. The second-order valence-corrected chi connectivity index (χ2v) is 6.85. The van der Waals surface area contributed by atoms with Gasteiger partial charge in [0.1, 0.15) is 0 Å². The van der Waals surface area contributed by atoms with E-state index in [2.05, 4.69) is 34.0 Å². The summed E-state index contributed by atoms with van der Waals surface area (Å²) >= 11 is 1.34. The quantitative estimate of drug-likeness (QED) is 0.754. The van der Waals surface area contributed by atoms with E-state index >= 15 is 0 Å². The summed E-state index contributed by atoms with van der Waals surface area (Å²) in [7, 11) is 0. The minimum atomic E-state index is -0.440. The number of nitrogens with zero attached hydrogens (tertiary/aromatic N) is 2. The van der Waals surface area contributed by atoms with Crippen molar-refractivity contribution in [1.82, 2.24) is 20.2 Å². The van der Waals surface area contributed by atoms with Gasteiger partial charge in [0, 0.05) is 13.1 Å². The van der Waals surface area contributed by atoms with Gasteiger partial charge in [-0.25, -0.2) is 9.78 Å². The number of imidazole rings is 1. The van der Waals surface area contributed by atoms with Gasteiger partial charge < -0.3 is 9.88 Å². The van der Waals surface area contributed by atoms with Crippen molar-refractivity contribution in [2.45, 2.75) is 38.9 Å². The molecule has 1 aromatic carbocycles. The van der Waals surface area contributed by atoms with Crippen LogP contribution in [0.3, 0.4) is 0 Å². The van der Waals surface area contributed by atoms with Crippen molar-refractivity contribution in [1.29, 1.82) is 0 Å². The highest BCUT2D eigenvalue weighted by atomic mass is 32.2. The number of carbonyl (C=O) groups is 2. The van der Waals surface area contributed by atoms with E-state index in [0.29, 0.717) is 12.5 Å². The van der Waals surface area contributed by atoms with Gasteiger partial charge in [-0.15, -0.1) is 0 Å². The third-order valence-electron chi connectivity index (χ3n) is 3.53. The van der Waals surface area contributed by atoms with Crippen LogP contribution in [0.4, 0.5) is 4.79 Å². The summed E-state index contributed by atoms with van der Waals surface area (Å²) in [5.74, 6) is 0.344. The van der Waals surface area contributed by atoms with Gasteiger partial charge in [0.15, 0.2) is 5.16 Å². The zero-order valence-corrected chi connectivity index (χ0v) is 15.2. The Kier molecular flexibility index (Phi) is 6.66. The summed E-state index contributed by atoms with van der Waals surface area (Å²) in [4.78, 5) is 28.1. The van der Waals surface area contributed by atoms with Gasteiger partial charge in [0.25, 0.3) is 0 Å². The van der Waals surface area contributed by atoms with E-state index in [9.17, 15) is 9.59 Å². The lowest BCUT2D eigenvalue weighted by atomic mass is 10.1. The van der Waals surface area contributed by atoms with E-state index < -0.39 is 6.03 Å². The third-order valence-corrected chi connectivity index (χ3v) is 4.50. The second-order valence-electron chi connectivity index (χ2n) is 5.90. The highest BCUT2D eigenvalue weighted by molar-refractivity contribution is 7.99. The standard InChI is InChI=1S/C17H24N4O2S/c1-4-21-14-8-6-5-7-13(14)19-17(21)24-11-15(22)20-16(23)18-10-9-12(2)3/h5-8,12H,4,9-11H2,1-3H3,(H2,18,20,22,23). The number of imide groups is 1. The molecule has 0 saturated heterocycles. The largest absolute Gasteiger partial charge is 0.338 e. The number of hydrogen-bond acceptors (Lipinski definition) is 4. The van der Waals surface area contributed by atoms with Crippen molar-refractivity contribution >= 4 is 34.7 Å². The molecule has 0 radical (unpaired) electrons. The van der Waals surface area contributed by atoms with Crippen molar-refractivity contribution in [3.8, 4) is 0 Å². The highest BCUT2D eigenvalue weighted by Gasteiger charge is 2.13. The molecule has 6 nitrogen and oxygen atoms in total. The minimum Gasteiger partial charge on any atom is -0.338 e. The topological polar surface area (TPSA) is 76.0 Å². The Morgan fingerprint density at radius 3 is 2.75 bits per heavy atom. The van der Waals surface area contributed by atoms with Crippen molar-refractivity contribution in [3.63, 3.8) is 0 Å². The van der Waals surface area contributed by atoms with Crippen LogP contribution >= 0.6 is 11.8 Å². The molecule has 3 amide bonds. The summed E-state index contributed by atoms with van der Waals surface area (Å²) < 4.78 is 2.07. The maximum absolute atomic E-state index is 11.9. The van der Waals surface area contributed by atoms with Crippen LogP contribution in [0.15, 0.2) is 29.4 Å². The van der Waals surface area contributed by atoms with Crippen molar-refractivity contribution in [2.24, 2.45) is 5.92 Å². The first-order valence-corrected chi connectivity index (χ1v) is 9.15. The Balaban J connectivity index is 1.87. The third kappa shape index (κ3) is 4.99. The molecule has 0 atom stereocenters. The van der Waals surface area contributed by atoms with Crippen LogP contribution in [-0.4, -0.2) is 33.8 Å². The van der Waals surface area contributed by atoms with Gasteiger partial charge in [0.2, 0.25) is 5.91 Å². The van der Waals surface area contributed by atoms with Gasteiger partial charge in [-0.05, 0) is 31.4 Å². The molecule has 0 fully saturated rings. The Morgan fingerprint density at radius 1 is 1.29 bits per heavy atom. The molecule has 2 rings (SSSR count). The van der Waals surface area contributed by atoms with E-state index in [-0.39, 0.29) is 11.7 Å². The molecule has 0 aliphatic heterocycles. The number of aromatic nitrogens is 2. The van der Waals surface area contributed by atoms with Gasteiger partial charge >= 0.3 is 6.03 Å². The summed E-state index contributed by atoms with van der Waals surface area (Å²) in [6, 6.07) is 7.44. The van der Waals surface area contributed by atoms with Crippen LogP contribution in [0.1, 0.15) is 27.2 Å². The Morgan fingerprint density at radius 2 is 2.04 bits per heavy atom. The van der Waals surface area contributed by atoms with Crippen LogP contribution < -0.4 is 10.6 Å². The molecule has 1 heterocycles. The van der Waals surface area contributed by atoms with Crippen molar-refractivity contribution < 1.29 is 9.59 Å². The van der Waals surface area contributed by atoms with Crippen LogP contribution in [0.2, 0.25) is 0 Å². The zero-order chi connectivity index (χ0) is 17.5. The number of rotatable bonds is 7. The van der Waals surface area contributed by atoms with Gasteiger partial charge in [-0.3, -0.25) is 10.1 Å². The molecule has 7 heteroatoms. The van der Waals surface area contributed by atoms with Gasteiger partial charge in [-0.1, -0.05) is 37.7 Å². The number of benzene rings is 1. The first-order valence-electron chi connectivity index (χ1n) is 8.17. The molecule has 2 N–H and O–H groups in total. The number of urea groups is 1. The molecule has 1 aromatic heterocycles. The lowest BCUT2D eigenvalue weighted by Gasteiger charge is -2.08. The molecule has 130 valence electrons. The lowest BCUT2D eigenvalue weighted by molar-refractivity contribution is -0.117. The Hall–Kier alpha value is -2.02. The fourth-order valence-electron chi connectivity index (χ4n) is 2.28. The number of thioether (sulfide) groups is 1. The maximum Gasteiger partial charge on any atom is 0.321 e. The molecular weight excluding hydrogens is 324 g/mol. The number of fused-ring (bicyclic) bond motifs is 1. The Labute approximate surface area is 146 Å². The van der Waals surface area contributed by atoms with Crippen LogP contribution in [0.25, 0.3) is 11.0 Å². The zero-order valence-electron chi connectivity index (χ0n) is 14.3. The van der Waals surface area contributed by atoms with E-state index in [1.807, 2.05) is 31.2 Å². The molecule has 2 aromatic rings. The number of nitrogens with one attached hydrogen (secondary N) is 2. The number of para-hydroxylation sites is 2. The monoisotopic (exact) mass is 348 g/mol. The first-order chi connectivity index (χ1) is 11.5. The van der Waals surface area contributed by atoms with Crippen LogP contribution in [-0.2, 0) is 11.3 Å². The smallest absolute Gasteiger partial charge is 0.321 e. The summed E-state index contributed by atoms with van der Waals surface area (Å²) in [6.07, 6.45) is 0.886. The van der Waals surface area contributed by atoms with Gasteiger partial charge in [0.05, 0.1) is 16.8 Å². The number of amides is 3. The summed E-state index contributed by atoms with van der Waals surface area (Å²) in [6.45, 7) is 7.55. The van der Waals surface area contributed by atoms with Crippen molar-refractivity contribution in [2.75, 3.05) is 12.3 Å². The fraction of sp³-hybridized carbons (Fsp3) is 0.471. The minimum absolute atomic E-state index is 0.154. The number of hydrogen-bond donors (Lipinski definition) is 2. The van der Waals surface area contributed by atoms with Crippen LogP contribution in [0.5, 0.6) is 0 Å². The number of aryl methyl sites for hydroxylation is 1. The SMILES string of the molecule is CCn1c(SCC(=O)NC(=O)NCCC(C)C)nc2ccccc21. The molecular formula is C17H24N4O2S. The summed E-state index contributed by atoms with van der Waals surface area (Å²) in [5, 5.41) is 5.82. The first kappa shape index (κ1) is 18.3. The average Bonchev–Trinajstić information content (AvgIpc) is 2.90. The molecule has 0 aliphatic rings. The number of carbonyl (C=O) groups excluding carboxylic acids is 2. The molecule has 24 heavy (non-hydrogen) atoms. The summed E-state index contributed by atoms with van der Waals surface area (Å²) in [5.41, 5.74) is 1.96. The van der Waals surface area contributed by atoms with Crippen molar-refractivity contribution in [3.05, 3.63) is 24.3 Å². The van der Waals surface area contributed by atoms with Crippen LogP contribution in [0, 0.1) is 5.92 Å². The van der Waals surface area contributed by atoms with E-state index in [1.165, 1.54) is 11.8 Å². The molecule has 0 spiro atoms. The fourth-order valence-corrected chi connectivity index (χ4v) is 3.16. The normalized spacial score (nSPS) is 11.0. The Bertz CT molecular complexity index is 712. The molecule has 0 unspecified atom stereocenters. The van der Waals surface area contributed by atoms with E-state index in [4.69, 9.17) is 0 Å². The molecule has 0 saturated carbocycles. The van der Waals surface area contributed by atoms with Gasteiger partial charge in [-0.2, -0.15) is 0 Å². The van der Waals surface area contributed by atoms with E-state index in [1.54, 1.807) is 0 Å². The second kappa shape index (κ2) is 8.73. The average molecular weight is 348 g/mol.